The lowest BCUT2D eigenvalue weighted by molar-refractivity contribution is -0.137. The second-order valence-corrected chi connectivity index (χ2v) is 13.2. The van der Waals surface area contributed by atoms with Gasteiger partial charge in [0.1, 0.15) is 11.4 Å². The van der Waals surface area contributed by atoms with E-state index in [9.17, 15) is 22.8 Å². The van der Waals surface area contributed by atoms with Crippen molar-refractivity contribution in [1.82, 2.24) is 19.4 Å². The molecule has 260 valence electrons. The molecule has 1 aliphatic rings. The van der Waals surface area contributed by atoms with E-state index in [1.165, 1.54) is 29.3 Å². The monoisotopic (exact) mass is 683 g/mol. The van der Waals surface area contributed by atoms with Crippen molar-refractivity contribution < 1.29 is 27.5 Å². The van der Waals surface area contributed by atoms with E-state index in [1.807, 2.05) is 34.7 Å². The number of nitrogens with zero attached hydrogens (tertiary/aromatic N) is 5. The van der Waals surface area contributed by atoms with Crippen LogP contribution in [0.4, 0.5) is 18.9 Å². The number of halogens is 3. The summed E-state index contributed by atoms with van der Waals surface area (Å²) in [5.41, 5.74) is 3.90. The number of aryl methyl sites for hydroxylation is 1. The van der Waals surface area contributed by atoms with Crippen molar-refractivity contribution in [3.05, 3.63) is 119 Å². The number of alkyl halides is 3. The Balaban J connectivity index is 1.05. The average molecular weight is 684 g/mol. The number of rotatable bonds is 9. The van der Waals surface area contributed by atoms with Gasteiger partial charge in [0.15, 0.2) is 0 Å². The Kier molecular flexibility index (Phi) is 9.97. The standard InChI is InChI=1S/C39H40F3N5O3/c1-26(2)21-27-5-7-28(8-6-27)25-46-17-19-47(20-18-46)38(49)35-23-30-22-33(14-15-34(30)45(35)4)50-36-16-13-32(24-43-36)44(3)37(48)29-9-11-31(12-10-29)39(40,41)42/h5-16,22-24,26H,17-21,25H2,1-4H3. The van der Waals surface area contributed by atoms with Crippen LogP contribution in [0.5, 0.6) is 11.6 Å². The van der Waals surface area contributed by atoms with Crippen molar-refractivity contribution in [3.63, 3.8) is 0 Å². The van der Waals surface area contributed by atoms with Crippen LogP contribution in [0, 0.1) is 5.92 Å². The van der Waals surface area contributed by atoms with Crippen LogP contribution in [0.2, 0.25) is 0 Å². The molecule has 0 N–H and O–H groups in total. The second-order valence-electron chi connectivity index (χ2n) is 13.2. The number of aromatic nitrogens is 2. The van der Waals surface area contributed by atoms with Crippen molar-refractivity contribution in [2.45, 2.75) is 33.0 Å². The third-order valence-corrected chi connectivity index (χ3v) is 9.06. The number of carbonyl (C=O) groups is 2. The summed E-state index contributed by atoms with van der Waals surface area (Å²) < 4.78 is 46.6. The fourth-order valence-electron chi connectivity index (χ4n) is 6.24. The molecular formula is C39H40F3N5O3. The number of pyridine rings is 1. The summed E-state index contributed by atoms with van der Waals surface area (Å²) in [4.78, 5) is 36.4. The van der Waals surface area contributed by atoms with Gasteiger partial charge in [-0.25, -0.2) is 4.98 Å². The Labute approximate surface area is 289 Å². The van der Waals surface area contributed by atoms with Gasteiger partial charge < -0.3 is 19.1 Å². The van der Waals surface area contributed by atoms with Gasteiger partial charge >= 0.3 is 6.18 Å². The molecule has 0 unspecified atom stereocenters. The van der Waals surface area contributed by atoms with Gasteiger partial charge in [0.25, 0.3) is 11.8 Å². The van der Waals surface area contributed by atoms with Crippen LogP contribution in [0.25, 0.3) is 10.9 Å². The van der Waals surface area contributed by atoms with Crippen LogP contribution in [0.1, 0.15) is 51.4 Å². The lowest BCUT2D eigenvalue weighted by atomic mass is 10.0. The highest BCUT2D eigenvalue weighted by molar-refractivity contribution is 6.05. The molecule has 2 amide bonds. The molecule has 0 spiro atoms. The maximum atomic E-state index is 13.6. The minimum atomic E-state index is -4.48. The minimum absolute atomic E-state index is 0.00363. The maximum Gasteiger partial charge on any atom is 0.416 e. The summed E-state index contributed by atoms with van der Waals surface area (Å²) in [5, 5.41) is 0.853. The molecule has 6 rings (SSSR count). The predicted octanol–water partition coefficient (Wildman–Crippen LogP) is 7.82. The normalized spacial score (nSPS) is 14.0. The van der Waals surface area contributed by atoms with Crippen molar-refractivity contribution in [3.8, 4) is 11.6 Å². The molecule has 0 radical (unpaired) electrons. The summed E-state index contributed by atoms with van der Waals surface area (Å²) in [6, 6.07) is 23.6. The van der Waals surface area contributed by atoms with Gasteiger partial charge in [0.05, 0.1) is 17.4 Å². The van der Waals surface area contributed by atoms with E-state index in [0.717, 1.165) is 61.2 Å². The molecule has 50 heavy (non-hydrogen) atoms. The third kappa shape index (κ3) is 7.83. The van der Waals surface area contributed by atoms with Crippen LogP contribution in [0.3, 0.4) is 0 Å². The molecule has 1 fully saturated rings. The summed E-state index contributed by atoms with van der Waals surface area (Å²) in [7, 11) is 3.41. The van der Waals surface area contributed by atoms with Crippen molar-refractivity contribution in [1.29, 1.82) is 0 Å². The maximum absolute atomic E-state index is 13.6. The molecule has 0 saturated carbocycles. The van der Waals surface area contributed by atoms with E-state index < -0.39 is 17.6 Å². The minimum Gasteiger partial charge on any atom is -0.439 e. The van der Waals surface area contributed by atoms with Crippen LogP contribution < -0.4 is 9.64 Å². The lowest BCUT2D eigenvalue weighted by Crippen LogP contribution is -2.48. The Morgan fingerprint density at radius 3 is 2.18 bits per heavy atom. The first kappa shape index (κ1) is 34.7. The molecule has 0 aliphatic carbocycles. The van der Waals surface area contributed by atoms with E-state index >= 15 is 0 Å². The zero-order valence-electron chi connectivity index (χ0n) is 28.6. The fraction of sp³-hybridized carbons (Fsp3) is 0.308. The van der Waals surface area contributed by atoms with Gasteiger partial charge in [-0.05, 0) is 78.1 Å². The predicted molar refractivity (Wildman–Crippen MR) is 188 cm³/mol. The Hall–Kier alpha value is -5.16. The van der Waals surface area contributed by atoms with Gasteiger partial charge in [-0.15, -0.1) is 0 Å². The van der Waals surface area contributed by atoms with Crippen molar-refractivity contribution >= 4 is 28.4 Å². The summed E-state index contributed by atoms with van der Waals surface area (Å²) >= 11 is 0. The number of carbonyl (C=O) groups excluding carboxylic acids is 2. The van der Waals surface area contributed by atoms with Gasteiger partial charge in [-0.2, -0.15) is 13.2 Å². The van der Waals surface area contributed by atoms with Crippen molar-refractivity contribution in [2.24, 2.45) is 13.0 Å². The SMILES string of the molecule is CC(C)Cc1ccc(CN2CCN(C(=O)c3cc4cc(Oc5ccc(N(C)C(=O)c6ccc(C(F)(F)F)cc6)cn5)ccc4n3C)CC2)cc1. The highest BCUT2D eigenvalue weighted by atomic mass is 19.4. The highest BCUT2D eigenvalue weighted by Crippen LogP contribution is 2.31. The number of benzene rings is 3. The Morgan fingerprint density at radius 2 is 1.56 bits per heavy atom. The largest absolute Gasteiger partial charge is 0.439 e. The topological polar surface area (TPSA) is 70.9 Å². The van der Waals surface area contributed by atoms with Gasteiger partial charge in [-0.1, -0.05) is 38.1 Å². The first-order valence-corrected chi connectivity index (χ1v) is 16.6. The van der Waals surface area contributed by atoms with Crippen LogP contribution in [-0.2, 0) is 26.2 Å². The van der Waals surface area contributed by atoms with Crippen LogP contribution >= 0.6 is 0 Å². The lowest BCUT2D eigenvalue weighted by Gasteiger charge is -2.34. The summed E-state index contributed by atoms with van der Waals surface area (Å²) in [5.74, 6) is 0.978. The first-order chi connectivity index (χ1) is 23.9. The molecular weight excluding hydrogens is 643 g/mol. The molecule has 2 aromatic heterocycles. The number of anilines is 1. The van der Waals surface area contributed by atoms with Crippen LogP contribution in [-0.4, -0.2) is 64.4 Å². The van der Waals surface area contributed by atoms with E-state index in [4.69, 9.17) is 4.74 Å². The zero-order valence-corrected chi connectivity index (χ0v) is 28.6. The van der Waals surface area contributed by atoms with Crippen LogP contribution in [0.15, 0.2) is 91.1 Å². The van der Waals surface area contributed by atoms with E-state index in [1.54, 1.807) is 18.2 Å². The number of piperazine rings is 1. The molecule has 3 aromatic carbocycles. The van der Waals surface area contributed by atoms with E-state index in [-0.39, 0.29) is 11.5 Å². The third-order valence-electron chi connectivity index (χ3n) is 9.06. The molecule has 0 atom stereocenters. The van der Waals surface area contributed by atoms with Gasteiger partial charge in [-0.3, -0.25) is 14.5 Å². The first-order valence-electron chi connectivity index (χ1n) is 16.6. The molecule has 3 heterocycles. The second kappa shape index (κ2) is 14.4. The summed E-state index contributed by atoms with van der Waals surface area (Å²) in [6.45, 7) is 8.27. The molecule has 1 saturated heterocycles. The van der Waals surface area contributed by atoms with E-state index in [0.29, 0.717) is 42.0 Å². The number of hydrogen-bond donors (Lipinski definition) is 0. The molecule has 1 aliphatic heterocycles. The smallest absolute Gasteiger partial charge is 0.416 e. The molecule has 11 heteroatoms. The molecule has 5 aromatic rings. The number of amides is 2. The molecule has 0 bridgehead atoms. The fourth-order valence-corrected chi connectivity index (χ4v) is 6.24. The zero-order chi connectivity index (χ0) is 35.6. The number of fused-ring (bicyclic) bond motifs is 1. The Morgan fingerprint density at radius 1 is 0.880 bits per heavy atom. The van der Waals surface area contributed by atoms with Gasteiger partial charge in [0.2, 0.25) is 5.88 Å². The quantitative estimate of drug-likeness (QED) is 0.159. The number of ether oxygens (including phenoxy) is 1. The highest BCUT2D eigenvalue weighted by Gasteiger charge is 2.30. The number of hydrogen-bond acceptors (Lipinski definition) is 5. The van der Waals surface area contributed by atoms with E-state index in [2.05, 4.69) is 48.0 Å². The van der Waals surface area contributed by atoms with Gasteiger partial charge in [0, 0.05) is 69.4 Å². The summed E-state index contributed by atoms with van der Waals surface area (Å²) in [6.07, 6.45) is -1.94. The Bertz CT molecular complexity index is 1960. The molecule has 8 nitrogen and oxygen atoms in total. The average Bonchev–Trinajstić information content (AvgIpc) is 3.43. The van der Waals surface area contributed by atoms with Crippen molar-refractivity contribution in [2.75, 3.05) is 38.1 Å².